The maximum Gasteiger partial charge on any atom is 0.208 e. The van der Waals surface area contributed by atoms with Gasteiger partial charge in [-0.1, -0.05) is 0 Å². The Morgan fingerprint density at radius 3 is 3.00 bits per heavy atom. The van der Waals surface area contributed by atoms with Gasteiger partial charge in [-0.25, -0.2) is 4.98 Å². The molecule has 0 amide bonds. The predicted molar refractivity (Wildman–Crippen MR) is 35.2 cm³/mol. The van der Waals surface area contributed by atoms with Gasteiger partial charge < -0.3 is 15.3 Å². The summed E-state index contributed by atoms with van der Waals surface area (Å²) in [5, 5.41) is 8.48. The molecular weight excluding hydrogens is 132 g/mol. The number of aliphatic hydroxyl groups excluding tert-OH is 1. The molecule has 0 atom stereocenters. The molecule has 0 aliphatic heterocycles. The molecule has 56 valence electrons. The van der Waals surface area contributed by atoms with Gasteiger partial charge >= 0.3 is 0 Å². The van der Waals surface area contributed by atoms with Gasteiger partial charge in [-0.15, -0.1) is 0 Å². The van der Waals surface area contributed by atoms with Crippen molar-refractivity contribution in [1.82, 2.24) is 4.98 Å². The summed E-state index contributed by atoms with van der Waals surface area (Å²) < 4.78 is 5.08. The zero-order valence-corrected chi connectivity index (χ0v) is 5.58. The third-order valence-electron chi connectivity index (χ3n) is 1.13. The number of nitrogens with two attached hydrogens (primary N) is 1. The van der Waals surface area contributed by atoms with Crippen molar-refractivity contribution >= 4 is 0 Å². The molecule has 4 heteroatoms. The number of nitrogens with zero attached hydrogens (tertiary/aromatic N) is 1. The van der Waals surface area contributed by atoms with Crippen molar-refractivity contribution in [2.75, 3.05) is 6.61 Å². The molecular formula is C6H10N2O2. The van der Waals surface area contributed by atoms with E-state index in [2.05, 4.69) is 4.98 Å². The van der Waals surface area contributed by atoms with Crippen molar-refractivity contribution in [3.8, 4) is 0 Å². The Morgan fingerprint density at radius 2 is 2.50 bits per heavy atom. The van der Waals surface area contributed by atoms with Crippen LogP contribution in [0.1, 0.15) is 11.7 Å². The van der Waals surface area contributed by atoms with Crippen LogP contribution in [-0.2, 0) is 13.0 Å². The minimum atomic E-state index is 0.0825. The van der Waals surface area contributed by atoms with Crippen molar-refractivity contribution in [2.45, 2.75) is 13.0 Å². The number of rotatable bonds is 3. The fourth-order valence-corrected chi connectivity index (χ4v) is 0.668. The lowest BCUT2D eigenvalue weighted by Gasteiger charge is -1.87. The normalized spacial score (nSPS) is 10.2. The van der Waals surface area contributed by atoms with Crippen LogP contribution in [0.2, 0.25) is 0 Å². The third-order valence-corrected chi connectivity index (χ3v) is 1.13. The molecule has 0 bridgehead atoms. The second-order valence-electron chi connectivity index (χ2n) is 1.90. The highest BCUT2D eigenvalue weighted by atomic mass is 16.4. The first kappa shape index (κ1) is 7.24. The van der Waals surface area contributed by atoms with Crippen LogP contribution < -0.4 is 5.73 Å². The van der Waals surface area contributed by atoms with E-state index < -0.39 is 0 Å². The summed E-state index contributed by atoms with van der Waals surface area (Å²) in [5.74, 6) is 1.20. The molecule has 0 aliphatic rings. The summed E-state index contributed by atoms with van der Waals surface area (Å²) in [5.41, 5.74) is 5.24. The third kappa shape index (κ3) is 1.55. The maximum absolute atomic E-state index is 8.48. The van der Waals surface area contributed by atoms with E-state index in [4.69, 9.17) is 15.3 Å². The number of aliphatic hydroxyl groups is 1. The molecule has 0 unspecified atom stereocenters. The van der Waals surface area contributed by atoms with Gasteiger partial charge in [0.25, 0.3) is 0 Å². The van der Waals surface area contributed by atoms with E-state index in [-0.39, 0.29) is 6.61 Å². The quantitative estimate of drug-likeness (QED) is 0.606. The second kappa shape index (κ2) is 3.34. The van der Waals surface area contributed by atoms with Crippen LogP contribution >= 0.6 is 0 Å². The van der Waals surface area contributed by atoms with Crippen LogP contribution in [0.25, 0.3) is 0 Å². The Morgan fingerprint density at radius 1 is 1.70 bits per heavy atom. The minimum absolute atomic E-state index is 0.0825. The monoisotopic (exact) mass is 142 g/mol. The Balaban J connectivity index is 2.59. The Kier molecular flexibility index (Phi) is 2.42. The zero-order valence-electron chi connectivity index (χ0n) is 5.58. The van der Waals surface area contributed by atoms with Crippen molar-refractivity contribution in [3.05, 3.63) is 17.8 Å². The van der Waals surface area contributed by atoms with Gasteiger partial charge in [0, 0.05) is 6.42 Å². The number of oxazole rings is 1. The molecule has 3 N–H and O–H groups in total. The van der Waals surface area contributed by atoms with E-state index in [1.165, 1.54) is 0 Å². The van der Waals surface area contributed by atoms with Crippen LogP contribution in [0.5, 0.6) is 0 Å². The predicted octanol–water partition coefficient (Wildman–Crippen LogP) is -0.332. The van der Waals surface area contributed by atoms with E-state index in [0.29, 0.717) is 24.6 Å². The van der Waals surface area contributed by atoms with Crippen molar-refractivity contribution in [2.24, 2.45) is 5.73 Å². The molecule has 1 aromatic rings. The molecule has 10 heavy (non-hydrogen) atoms. The Hall–Kier alpha value is -0.870. The number of aromatic nitrogens is 1. The van der Waals surface area contributed by atoms with Crippen molar-refractivity contribution < 1.29 is 9.52 Å². The largest absolute Gasteiger partial charge is 0.444 e. The van der Waals surface area contributed by atoms with Crippen LogP contribution in [-0.4, -0.2) is 16.7 Å². The molecule has 4 nitrogen and oxygen atoms in total. The molecule has 0 saturated heterocycles. The molecule has 0 spiro atoms. The average Bonchev–Trinajstić information content (AvgIpc) is 2.37. The molecule has 0 saturated carbocycles. The highest BCUT2D eigenvalue weighted by molar-refractivity contribution is 4.93. The van der Waals surface area contributed by atoms with Gasteiger partial charge in [0.05, 0.1) is 19.3 Å². The van der Waals surface area contributed by atoms with E-state index in [1.807, 2.05) is 0 Å². The van der Waals surface area contributed by atoms with Gasteiger partial charge in [0.2, 0.25) is 5.89 Å². The Labute approximate surface area is 58.7 Å². The summed E-state index contributed by atoms with van der Waals surface area (Å²) in [4.78, 5) is 3.85. The van der Waals surface area contributed by atoms with Crippen molar-refractivity contribution in [3.63, 3.8) is 0 Å². The molecule has 1 aromatic heterocycles. The number of hydrogen-bond acceptors (Lipinski definition) is 4. The van der Waals surface area contributed by atoms with Gasteiger partial charge in [-0.3, -0.25) is 0 Å². The van der Waals surface area contributed by atoms with Gasteiger partial charge in [0.15, 0.2) is 0 Å². The molecule has 1 rings (SSSR count). The minimum Gasteiger partial charge on any atom is -0.444 e. The first-order chi connectivity index (χ1) is 4.86. The van der Waals surface area contributed by atoms with E-state index in [0.717, 1.165) is 0 Å². The summed E-state index contributed by atoms with van der Waals surface area (Å²) in [6.07, 6.45) is 2.09. The lowest BCUT2D eigenvalue weighted by Crippen LogP contribution is -1.95. The van der Waals surface area contributed by atoms with E-state index in [1.54, 1.807) is 6.20 Å². The topological polar surface area (TPSA) is 72.3 Å². The van der Waals surface area contributed by atoms with Crippen LogP contribution in [0.3, 0.4) is 0 Å². The summed E-state index contributed by atoms with van der Waals surface area (Å²) in [7, 11) is 0. The zero-order chi connectivity index (χ0) is 7.40. The first-order valence-corrected chi connectivity index (χ1v) is 3.11. The van der Waals surface area contributed by atoms with E-state index in [9.17, 15) is 0 Å². The highest BCUT2D eigenvalue weighted by Gasteiger charge is 1.99. The Bertz CT molecular complexity index is 197. The van der Waals surface area contributed by atoms with Gasteiger partial charge in [-0.2, -0.15) is 0 Å². The second-order valence-corrected chi connectivity index (χ2v) is 1.90. The number of hydrogen-bond donors (Lipinski definition) is 2. The summed E-state index contributed by atoms with van der Waals surface area (Å²) >= 11 is 0. The fraction of sp³-hybridized carbons (Fsp3) is 0.500. The molecule has 0 aromatic carbocycles. The highest BCUT2D eigenvalue weighted by Crippen LogP contribution is 2.02. The lowest BCUT2D eigenvalue weighted by atomic mass is 10.4. The standard InChI is InChI=1S/C6H10N2O2/c7-3-6-8-4-5(10-6)1-2-9/h4,9H,1-3,7H2. The lowest BCUT2D eigenvalue weighted by molar-refractivity contribution is 0.286. The van der Waals surface area contributed by atoms with Crippen LogP contribution in [0.4, 0.5) is 0 Å². The summed E-state index contributed by atoms with van der Waals surface area (Å²) in [6.45, 7) is 0.393. The summed E-state index contributed by atoms with van der Waals surface area (Å²) in [6, 6.07) is 0. The average molecular weight is 142 g/mol. The van der Waals surface area contributed by atoms with E-state index >= 15 is 0 Å². The molecule has 0 fully saturated rings. The first-order valence-electron chi connectivity index (χ1n) is 3.11. The smallest absolute Gasteiger partial charge is 0.208 e. The van der Waals surface area contributed by atoms with Crippen LogP contribution in [0.15, 0.2) is 10.6 Å². The van der Waals surface area contributed by atoms with Gasteiger partial charge in [-0.05, 0) is 0 Å². The van der Waals surface area contributed by atoms with Crippen LogP contribution in [0, 0.1) is 0 Å². The molecule has 1 heterocycles. The molecule has 0 aliphatic carbocycles. The fourth-order valence-electron chi connectivity index (χ4n) is 0.668. The van der Waals surface area contributed by atoms with Gasteiger partial charge in [0.1, 0.15) is 5.76 Å². The SMILES string of the molecule is NCc1ncc(CCO)o1. The van der Waals surface area contributed by atoms with Crippen molar-refractivity contribution in [1.29, 1.82) is 0 Å². The molecule has 0 radical (unpaired) electrons. The maximum atomic E-state index is 8.48.